The molecule has 17 heavy (non-hydrogen) atoms. The monoisotopic (exact) mass is 289 g/mol. The molecule has 3 nitrogen and oxygen atoms in total. The molecule has 2 atom stereocenters. The van der Waals surface area contributed by atoms with E-state index in [1.165, 1.54) is 30.7 Å². The van der Waals surface area contributed by atoms with E-state index in [1.807, 2.05) is 12.1 Å². The SMILES string of the molecule is Nc1ccc2nc3c(nc2c1Br)[C@H]1CC[C@@H]3C1. The van der Waals surface area contributed by atoms with E-state index in [2.05, 4.69) is 15.9 Å². The normalized spacial score (nSPS) is 25.5. The van der Waals surface area contributed by atoms with Crippen LogP contribution in [0.2, 0.25) is 0 Å². The lowest BCUT2D eigenvalue weighted by atomic mass is 10.0. The van der Waals surface area contributed by atoms with Crippen molar-refractivity contribution >= 4 is 32.7 Å². The molecule has 1 saturated carbocycles. The van der Waals surface area contributed by atoms with Gasteiger partial charge in [-0.2, -0.15) is 0 Å². The van der Waals surface area contributed by atoms with Crippen molar-refractivity contribution in [2.45, 2.75) is 31.1 Å². The van der Waals surface area contributed by atoms with E-state index in [0.717, 1.165) is 21.2 Å². The zero-order chi connectivity index (χ0) is 11.6. The lowest BCUT2D eigenvalue weighted by molar-refractivity contribution is 0.685. The third-order valence-electron chi connectivity index (χ3n) is 4.07. The van der Waals surface area contributed by atoms with Crippen LogP contribution in [0.15, 0.2) is 16.6 Å². The summed E-state index contributed by atoms with van der Waals surface area (Å²) in [5.74, 6) is 1.29. The van der Waals surface area contributed by atoms with Crippen LogP contribution in [0.25, 0.3) is 11.0 Å². The van der Waals surface area contributed by atoms with Crippen LogP contribution in [0.4, 0.5) is 5.69 Å². The summed E-state index contributed by atoms with van der Waals surface area (Å²) in [4.78, 5) is 9.60. The van der Waals surface area contributed by atoms with Crippen molar-refractivity contribution in [3.05, 3.63) is 28.0 Å². The van der Waals surface area contributed by atoms with Gasteiger partial charge in [0, 0.05) is 17.5 Å². The number of benzene rings is 1. The van der Waals surface area contributed by atoms with Crippen molar-refractivity contribution in [3.63, 3.8) is 0 Å². The van der Waals surface area contributed by atoms with Crippen LogP contribution in [-0.4, -0.2) is 9.97 Å². The largest absolute Gasteiger partial charge is 0.398 e. The van der Waals surface area contributed by atoms with E-state index in [9.17, 15) is 0 Å². The fourth-order valence-corrected chi connectivity index (χ4v) is 3.63. The lowest BCUT2D eigenvalue weighted by Gasteiger charge is -2.14. The van der Waals surface area contributed by atoms with Crippen LogP contribution in [0, 0.1) is 0 Å². The van der Waals surface area contributed by atoms with Crippen molar-refractivity contribution in [3.8, 4) is 0 Å². The van der Waals surface area contributed by atoms with Crippen molar-refractivity contribution in [1.82, 2.24) is 9.97 Å². The van der Waals surface area contributed by atoms with Gasteiger partial charge in [-0.25, -0.2) is 9.97 Å². The Kier molecular flexibility index (Phi) is 1.85. The van der Waals surface area contributed by atoms with E-state index < -0.39 is 0 Å². The van der Waals surface area contributed by atoms with Crippen LogP contribution in [0.5, 0.6) is 0 Å². The number of nitrogens with two attached hydrogens (primary N) is 1. The molecule has 1 fully saturated rings. The first-order valence-corrected chi connectivity index (χ1v) is 6.79. The highest BCUT2D eigenvalue weighted by molar-refractivity contribution is 9.10. The van der Waals surface area contributed by atoms with Gasteiger partial charge in [0.05, 0.1) is 21.4 Å². The molecule has 86 valence electrons. The van der Waals surface area contributed by atoms with Gasteiger partial charge in [-0.05, 0) is 47.3 Å². The smallest absolute Gasteiger partial charge is 0.105 e. The van der Waals surface area contributed by atoms with E-state index in [-0.39, 0.29) is 0 Å². The van der Waals surface area contributed by atoms with Gasteiger partial charge in [0.2, 0.25) is 0 Å². The van der Waals surface area contributed by atoms with Gasteiger partial charge in [-0.15, -0.1) is 0 Å². The molecule has 1 aromatic carbocycles. The van der Waals surface area contributed by atoms with E-state index in [1.54, 1.807) is 0 Å². The number of hydrogen-bond donors (Lipinski definition) is 1. The number of nitrogen functional groups attached to an aromatic ring is 1. The number of halogens is 1. The Morgan fingerprint density at radius 3 is 2.59 bits per heavy atom. The minimum atomic E-state index is 0.639. The first-order chi connectivity index (χ1) is 8.24. The summed E-state index contributed by atoms with van der Waals surface area (Å²) in [6, 6.07) is 3.86. The minimum absolute atomic E-state index is 0.639. The van der Waals surface area contributed by atoms with Gasteiger partial charge in [0.15, 0.2) is 0 Å². The number of hydrogen-bond acceptors (Lipinski definition) is 3. The molecule has 0 saturated heterocycles. The summed E-state index contributed by atoms with van der Waals surface area (Å²) >= 11 is 3.51. The maximum atomic E-state index is 5.89. The predicted octanol–water partition coefficient (Wildman–Crippen LogP) is 3.34. The molecule has 1 heterocycles. The predicted molar refractivity (Wildman–Crippen MR) is 71.0 cm³/mol. The molecule has 4 heteroatoms. The Morgan fingerprint density at radius 2 is 1.82 bits per heavy atom. The van der Waals surface area contributed by atoms with Gasteiger partial charge in [0.1, 0.15) is 5.52 Å². The molecule has 0 unspecified atom stereocenters. The molecule has 4 rings (SSSR count). The van der Waals surface area contributed by atoms with Crippen LogP contribution < -0.4 is 5.73 Å². The molecular weight excluding hydrogens is 278 g/mol. The molecule has 0 spiro atoms. The molecule has 1 aromatic heterocycles. The Bertz CT molecular complexity index is 638. The average Bonchev–Trinajstić information content (AvgIpc) is 2.94. The molecule has 2 aromatic rings. The lowest BCUT2D eigenvalue weighted by Crippen LogP contribution is -2.05. The first kappa shape index (κ1) is 9.83. The Morgan fingerprint density at radius 1 is 1.12 bits per heavy atom. The minimum Gasteiger partial charge on any atom is -0.398 e. The second-order valence-corrected chi connectivity index (χ2v) is 5.83. The first-order valence-electron chi connectivity index (χ1n) is 5.99. The fraction of sp³-hybridized carbons (Fsp3) is 0.385. The molecule has 0 amide bonds. The molecule has 2 aliphatic carbocycles. The average molecular weight is 290 g/mol. The zero-order valence-electron chi connectivity index (χ0n) is 9.28. The third kappa shape index (κ3) is 1.22. The third-order valence-corrected chi connectivity index (χ3v) is 4.90. The van der Waals surface area contributed by atoms with Gasteiger partial charge < -0.3 is 5.73 Å². The summed E-state index contributed by atoms with van der Waals surface area (Å²) in [5, 5.41) is 0. The van der Waals surface area contributed by atoms with Crippen LogP contribution in [0.3, 0.4) is 0 Å². The van der Waals surface area contributed by atoms with Crippen LogP contribution in [0.1, 0.15) is 42.5 Å². The summed E-state index contributed by atoms with van der Waals surface area (Å²) in [6.45, 7) is 0. The number of rotatable bonds is 0. The van der Waals surface area contributed by atoms with E-state index >= 15 is 0 Å². The van der Waals surface area contributed by atoms with Crippen LogP contribution in [-0.2, 0) is 0 Å². The maximum Gasteiger partial charge on any atom is 0.105 e. The second-order valence-electron chi connectivity index (χ2n) is 5.04. The highest BCUT2D eigenvalue weighted by Gasteiger charge is 2.39. The molecule has 0 aliphatic heterocycles. The summed E-state index contributed by atoms with van der Waals surface area (Å²) in [5.41, 5.74) is 11.0. The summed E-state index contributed by atoms with van der Waals surface area (Å²) < 4.78 is 0.882. The number of anilines is 1. The molecule has 2 N–H and O–H groups in total. The molecular formula is C13H12BrN3. The fourth-order valence-electron chi connectivity index (χ4n) is 3.21. The van der Waals surface area contributed by atoms with Crippen molar-refractivity contribution in [2.24, 2.45) is 0 Å². The Balaban J connectivity index is 2.07. The highest BCUT2D eigenvalue weighted by atomic mass is 79.9. The van der Waals surface area contributed by atoms with Crippen molar-refractivity contribution in [2.75, 3.05) is 5.73 Å². The zero-order valence-corrected chi connectivity index (χ0v) is 10.9. The standard InChI is InChI=1S/C13H12BrN3/c14-10-8(15)3-4-9-13(10)17-12-7-2-1-6(5-7)11(12)16-9/h3-4,6-7H,1-2,5,15H2/t6-,7+/m1/s1. The van der Waals surface area contributed by atoms with Gasteiger partial charge in [-0.1, -0.05) is 0 Å². The highest BCUT2D eigenvalue weighted by Crippen LogP contribution is 2.52. The topological polar surface area (TPSA) is 51.8 Å². The van der Waals surface area contributed by atoms with E-state index in [0.29, 0.717) is 11.8 Å². The Labute approximate surface area is 108 Å². The van der Waals surface area contributed by atoms with Crippen molar-refractivity contribution in [1.29, 1.82) is 0 Å². The number of nitrogens with zero attached hydrogens (tertiary/aromatic N) is 2. The molecule has 2 aliphatic rings. The molecule has 2 bridgehead atoms. The quantitative estimate of drug-likeness (QED) is 0.757. The Hall–Kier alpha value is -1.16. The van der Waals surface area contributed by atoms with Crippen molar-refractivity contribution < 1.29 is 0 Å². The maximum absolute atomic E-state index is 5.89. The summed E-state index contributed by atoms with van der Waals surface area (Å²) in [7, 11) is 0. The van der Waals surface area contributed by atoms with Gasteiger partial charge in [-0.3, -0.25) is 0 Å². The van der Waals surface area contributed by atoms with Gasteiger partial charge >= 0.3 is 0 Å². The second kappa shape index (κ2) is 3.19. The number of aromatic nitrogens is 2. The molecule has 0 radical (unpaired) electrons. The van der Waals surface area contributed by atoms with E-state index in [4.69, 9.17) is 15.7 Å². The number of fused-ring (bicyclic) bond motifs is 6. The van der Waals surface area contributed by atoms with Gasteiger partial charge in [0.25, 0.3) is 0 Å². The van der Waals surface area contributed by atoms with Crippen LogP contribution >= 0.6 is 15.9 Å². The summed E-state index contributed by atoms with van der Waals surface area (Å²) in [6.07, 6.45) is 3.81.